The monoisotopic (exact) mass is 291 g/mol. The van der Waals surface area contributed by atoms with Gasteiger partial charge in [-0.2, -0.15) is 13.2 Å². The molecular weight excluding hydrogens is 275 g/mol. The molecule has 0 bridgehead atoms. The maximum Gasteiger partial charge on any atom is 0.437 e. The average molecular weight is 291 g/mol. The van der Waals surface area contributed by atoms with Gasteiger partial charge in [-0.3, -0.25) is 0 Å². The van der Waals surface area contributed by atoms with Gasteiger partial charge in [0.25, 0.3) is 0 Å². The molecule has 0 aromatic carbocycles. The van der Waals surface area contributed by atoms with Crippen LogP contribution in [0.15, 0.2) is 4.42 Å². The molecule has 1 N–H and O–H groups in total. The Hall–Kier alpha value is -1.53. The number of rotatable bonds is 3. The fourth-order valence-electron chi connectivity index (χ4n) is 2.60. The summed E-state index contributed by atoms with van der Waals surface area (Å²) in [7, 11) is 0. The van der Waals surface area contributed by atoms with Gasteiger partial charge in [-0.15, -0.1) is 0 Å². The van der Waals surface area contributed by atoms with E-state index in [9.17, 15) is 18.0 Å². The Labute approximate surface area is 114 Å². The van der Waals surface area contributed by atoms with Crippen molar-refractivity contribution in [2.24, 2.45) is 5.92 Å². The van der Waals surface area contributed by atoms with Crippen LogP contribution in [0.1, 0.15) is 60.7 Å². The summed E-state index contributed by atoms with van der Waals surface area (Å²) in [5.74, 6) is -2.75. The minimum absolute atomic E-state index is 0.123. The van der Waals surface area contributed by atoms with Crippen LogP contribution in [0.3, 0.4) is 0 Å². The van der Waals surface area contributed by atoms with E-state index < -0.39 is 23.6 Å². The lowest BCUT2D eigenvalue weighted by atomic mass is 9.97. The quantitative estimate of drug-likeness (QED) is 0.858. The number of oxazole rings is 1. The molecule has 1 fully saturated rings. The second kappa shape index (κ2) is 5.85. The molecule has 0 radical (unpaired) electrons. The number of aromatic carboxylic acids is 1. The summed E-state index contributed by atoms with van der Waals surface area (Å²) in [6, 6.07) is 0. The standard InChI is InChI=1S/C13H16F3NO3/c14-13(15,16)11-10(12(18)19)20-9(17-11)7-8-5-3-1-2-4-6-8/h8H,1-7H2,(H,18,19). The van der Waals surface area contributed by atoms with Crippen LogP contribution in [0.25, 0.3) is 0 Å². The average Bonchev–Trinajstić information content (AvgIpc) is 2.61. The van der Waals surface area contributed by atoms with Crippen molar-refractivity contribution < 1.29 is 27.5 Å². The summed E-state index contributed by atoms with van der Waals surface area (Å²) >= 11 is 0. The summed E-state index contributed by atoms with van der Waals surface area (Å²) < 4.78 is 42.9. The van der Waals surface area contributed by atoms with E-state index in [4.69, 9.17) is 9.52 Å². The van der Waals surface area contributed by atoms with Gasteiger partial charge < -0.3 is 9.52 Å². The number of alkyl halides is 3. The van der Waals surface area contributed by atoms with Crippen molar-refractivity contribution >= 4 is 5.97 Å². The third-order valence-electron chi connectivity index (χ3n) is 3.57. The Morgan fingerprint density at radius 1 is 1.25 bits per heavy atom. The van der Waals surface area contributed by atoms with Crippen molar-refractivity contribution in [2.45, 2.75) is 51.1 Å². The third-order valence-corrected chi connectivity index (χ3v) is 3.57. The van der Waals surface area contributed by atoms with Crippen LogP contribution >= 0.6 is 0 Å². The van der Waals surface area contributed by atoms with Crippen LogP contribution in [0.5, 0.6) is 0 Å². The van der Waals surface area contributed by atoms with Gasteiger partial charge in [0.05, 0.1) is 0 Å². The molecule has 20 heavy (non-hydrogen) atoms. The SMILES string of the molecule is O=C(O)c1oc(CC2CCCCCC2)nc1C(F)(F)F. The lowest BCUT2D eigenvalue weighted by Gasteiger charge is -2.10. The first kappa shape index (κ1) is 14.9. The number of nitrogens with zero attached hydrogens (tertiary/aromatic N) is 1. The molecular formula is C13H16F3NO3. The largest absolute Gasteiger partial charge is 0.475 e. The van der Waals surface area contributed by atoms with Crippen LogP contribution in [-0.4, -0.2) is 16.1 Å². The van der Waals surface area contributed by atoms with Gasteiger partial charge in [0.2, 0.25) is 5.76 Å². The fourth-order valence-corrected chi connectivity index (χ4v) is 2.60. The molecule has 7 heteroatoms. The Kier molecular flexibility index (Phi) is 4.35. The van der Waals surface area contributed by atoms with Crippen LogP contribution in [0, 0.1) is 5.92 Å². The molecule has 0 amide bonds. The third kappa shape index (κ3) is 3.52. The number of hydrogen-bond donors (Lipinski definition) is 1. The lowest BCUT2D eigenvalue weighted by Crippen LogP contribution is -2.12. The van der Waals surface area contributed by atoms with Gasteiger partial charge in [-0.25, -0.2) is 9.78 Å². The van der Waals surface area contributed by atoms with Gasteiger partial charge in [0, 0.05) is 6.42 Å². The molecule has 0 unspecified atom stereocenters. The highest BCUT2D eigenvalue weighted by Gasteiger charge is 2.41. The van der Waals surface area contributed by atoms with Gasteiger partial charge >= 0.3 is 12.1 Å². The Morgan fingerprint density at radius 3 is 2.30 bits per heavy atom. The van der Waals surface area contributed by atoms with Gasteiger partial charge in [0.15, 0.2) is 11.6 Å². The number of halogens is 3. The van der Waals surface area contributed by atoms with E-state index in [0.717, 1.165) is 38.5 Å². The fraction of sp³-hybridized carbons (Fsp3) is 0.692. The zero-order chi connectivity index (χ0) is 14.8. The summed E-state index contributed by atoms with van der Waals surface area (Å²) in [6.45, 7) is 0. The highest BCUT2D eigenvalue weighted by atomic mass is 19.4. The topological polar surface area (TPSA) is 63.3 Å². The van der Waals surface area contributed by atoms with Crippen molar-refractivity contribution in [1.29, 1.82) is 0 Å². The molecule has 1 aromatic rings. The lowest BCUT2D eigenvalue weighted by molar-refractivity contribution is -0.141. The molecule has 2 rings (SSSR count). The molecule has 1 saturated carbocycles. The summed E-state index contributed by atoms with van der Waals surface area (Å²) in [4.78, 5) is 14.2. The predicted octanol–water partition coefficient (Wildman–Crippen LogP) is 3.90. The highest BCUT2D eigenvalue weighted by molar-refractivity contribution is 5.85. The first-order chi connectivity index (χ1) is 9.38. The Bertz CT molecular complexity index is 474. The van der Waals surface area contributed by atoms with E-state index in [2.05, 4.69) is 4.98 Å². The molecule has 1 aromatic heterocycles. The first-order valence-electron chi connectivity index (χ1n) is 6.68. The van der Waals surface area contributed by atoms with E-state index >= 15 is 0 Å². The Balaban J connectivity index is 2.18. The second-order valence-electron chi connectivity index (χ2n) is 5.15. The zero-order valence-corrected chi connectivity index (χ0v) is 10.9. The smallest absolute Gasteiger partial charge is 0.437 e. The molecule has 1 heterocycles. The maximum atomic E-state index is 12.7. The van der Waals surface area contributed by atoms with Crippen LogP contribution in [0.4, 0.5) is 13.2 Å². The summed E-state index contributed by atoms with van der Waals surface area (Å²) in [6.07, 6.45) is 1.67. The normalized spacial score (nSPS) is 17.9. The number of carboxylic acid groups (broad SMARTS) is 1. The molecule has 0 spiro atoms. The van der Waals surface area contributed by atoms with Crippen molar-refractivity contribution in [3.8, 4) is 0 Å². The van der Waals surface area contributed by atoms with Crippen molar-refractivity contribution in [3.63, 3.8) is 0 Å². The van der Waals surface area contributed by atoms with Crippen molar-refractivity contribution in [3.05, 3.63) is 17.3 Å². The molecule has 0 saturated heterocycles. The van der Waals surface area contributed by atoms with E-state index in [1.165, 1.54) is 0 Å². The number of hydrogen-bond acceptors (Lipinski definition) is 3. The molecule has 4 nitrogen and oxygen atoms in total. The molecule has 1 aliphatic rings. The summed E-state index contributed by atoms with van der Waals surface area (Å²) in [5.41, 5.74) is -1.44. The van der Waals surface area contributed by atoms with Gasteiger partial charge in [-0.1, -0.05) is 25.7 Å². The van der Waals surface area contributed by atoms with E-state index in [0.29, 0.717) is 0 Å². The van der Waals surface area contributed by atoms with Crippen LogP contribution in [-0.2, 0) is 12.6 Å². The summed E-state index contributed by atoms with van der Waals surface area (Å²) in [5, 5.41) is 8.76. The molecule has 0 aliphatic heterocycles. The van der Waals surface area contributed by atoms with E-state index in [1.54, 1.807) is 0 Å². The Morgan fingerprint density at radius 2 is 1.85 bits per heavy atom. The van der Waals surface area contributed by atoms with E-state index in [-0.39, 0.29) is 18.2 Å². The minimum Gasteiger partial charge on any atom is -0.475 e. The van der Waals surface area contributed by atoms with Crippen molar-refractivity contribution in [1.82, 2.24) is 4.98 Å². The molecule has 0 atom stereocenters. The van der Waals surface area contributed by atoms with E-state index in [1.807, 2.05) is 0 Å². The second-order valence-corrected chi connectivity index (χ2v) is 5.15. The highest BCUT2D eigenvalue weighted by Crippen LogP contribution is 2.33. The maximum absolute atomic E-state index is 12.7. The minimum atomic E-state index is -4.81. The van der Waals surface area contributed by atoms with Crippen LogP contribution < -0.4 is 0 Å². The first-order valence-corrected chi connectivity index (χ1v) is 6.68. The number of aromatic nitrogens is 1. The van der Waals surface area contributed by atoms with Gasteiger partial charge in [-0.05, 0) is 18.8 Å². The van der Waals surface area contributed by atoms with Gasteiger partial charge in [0.1, 0.15) is 0 Å². The predicted molar refractivity (Wildman–Crippen MR) is 63.4 cm³/mol. The zero-order valence-electron chi connectivity index (χ0n) is 10.9. The van der Waals surface area contributed by atoms with Crippen molar-refractivity contribution in [2.75, 3.05) is 0 Å². The number of carbonyl (C=O) groups is 1. The molecule has 1 aliphatic carbocycles. The van der Waals surface area contributed by atoms with Crippen LogP contribution in [0.2, 0.25) is 0 Å². The number of carboxylic acids is 1. The molecule has 112 valence electrons.